The number of anilines is 4. The highest BCUT2D eigenvalue weighted by atomic mass is 35.5. The van der Waals surface area contributed by atoms with Crippen LogP contribution < -0.4 is 20.4 Å². The van der Waals surface area contributed by atoms with Crippen LogP contribution in [0, 0.1) is 53.5 Å². The summed E-state index contributed by atoms with van der Waals surface area (Å²) in [5, 5.41) is 45.2. The summed E-state index contributed by atoms with van der Waals surface area (Å²) in [5.41, 5.74) is 1.91. The smallest absolute Gasteiger partial charge is 0.353 e. The van der Waals surface area contributed by atoms with E-state index in [-0.39, 0.29) is 67.5 Å². The van der Waals surface area contributed by atoms with Gasteiger partial charge in [-0.2, -0.15) is 5.10 Å². The van der Waals surface area contributed by atoms with E-state index in [0.29, 0.717) is 30.0 Å². The Hall–Kier alpha value is -5.68. The van der Waals surface area contributed by atoms with E-state index in [2.05, 4.69) is 97.3 Å². The number of hydrogen-bond acceptors (Lipinski definition) is 18. The Morgan fingerprint density at radius 3 is 1.48 bits per heavy atom. The van der Waals surface area contributed by atoms with Gasteiger partial charge in [0.05, 0.1) is 14.8 Å². The fourth-order valence-electron chi connectivity index (χ4n) is 5.66. The number of benzene rings is 1. The fraction of sp³-hybridized carbons (Fsp3) is 0.487. The van der Waals surface area contributed by atoms with E-state index >= 15 is 0 Å². The SMILES string of the molecule is CN(CC(C)(C)C)c1ncnc(Cl)c1[N+](=O)[O-].CNCC(C)(C)C.Cc1ccc(-c2ncn[nH]2)cc1Nc1ncnc(N(C)CC(C)(C)C)c1[N+](=O)[O-].Cl.O=[N+]([O-])c1c(Cl)ncnc1Cl. The highest BCUT2D eigenvalue weighted by Crippen LogP contribution is 2.36. The minimum Gasteiger partial charge on any atom is -0.353 e. The van der Waals surface area contributed by atoms with E-state index in [1.165, 1.54) is 19.0 Å². The molecule has 356 valence electrons. The van der Waals surface area contributed by atoms with Gasteiger partial charge in [0, 0.05) is 38.4 Å². The van der Waals surface area contributed by atoms with Crippen molar-refractivity contribution in [3.8, 4) is 11.4 Å². The number of nitrogens with one attached hydrogen (secondary N) is 3. The lowest BCUT2D eigenvalue weighted by Crippen LogP contribution is -2.30. The highest BCUT2D eigenvalue weighted by Gasteiger charge is 2.29. The maximum absolute atomic E-state index is 11.9. The molecule has 0 saturated heterocycles. The Morgan fingerprint density at radius 1 is 0.646 bits per heavy atom. The third-order valence-corrected chi connectivity index (χ3v) is 8.70. The van der Waals surface area contributed by atoms with Gasteiger partial charge in [-0.15, -0.1) is 12.4 Å². The maximum atomic E-state index is 11.9. The lowest BCUT2D eigenvalue weighted by molar-refractivity contribution is -0.385. The predicted octanol–water partition coefficient (Wildman–Crippen LogP) is 9.59. The zero-order valence-corrected chi connectivity index (χ0v) is 41.6. The van der Waals surface area contributed by atoms with Gasteiger partial charge in [0.2, 0.25) is 32.9 Å². The van der Waals surface area contributed by atoms with Crippen molar-refractivity contribution in [3.63, 3.8) is 0 Å². The molecule has 26 heteroatoms. The van der Waals surface area contributed by atoms with Gasteiger partial charge < -0.3 is 20.4 Å². The Kier molecular flexibility index (Phi) is 22.2. The zero-order chi connectivity index (χ0) is 48.7. The molecular weight excluding hydrogens is 930 g/mol. The molecular formula is C39H56Cl4N16O6. The van der Waals surface area contributed by atoms with Gasteiger partial charge in [0.25, 0.3) is 0 Å². The molecule has 0 fully saturated rings. The van der Waals surface area contributed by atoms with Crippen molar-refractivity contribution >= 4 is 87.4 Å². The number of aromatic nitrogens is 9. The van der Waals surface area contributed by atoms with Gasteiger partial charge in [0.1, 0.15) is 25.3 Å². The number of halogens is 4. The quantitative estimate of drug-likeness (QED) is 0.0630. The lowest BCUT2D eigenvalue weighted by Gasteiger charge is -2.27. The first-order valence-electron chi connectivity index (χ1n) is 19.3. The van der Waals surface area contributed by atoms with Gasteiger partial charge in [-0.25, -0.2) is 34.9 Å². The van der Waals surface area contributed by atoms with Crippen molar-refractivity contribution in [2.45, 2.75) is 69.2 Å². The van der Waals surface area contributed by atoms with E-state index < -0.39 is 20.5 Å². The van der Waals surface area contributed by atoms with E-state index in [9.17, 15) is 30.3 Å². The molecule has 0 amide bonds. The maximum Gasteiger partial charge on any atom is 0.353 e. The average Bonchev–Trinajstić information content (AvgIpc) is 3.69. The van der Waals surface area contributed by atoms with E-state index in [1.807, 2.05) is 52.9 Å². The first-order valence-corrected chi connectivity index (χ1v) is 20.4. The molecule has 0 aliphatic rings. The Bertz CT molecular complexity index is 2320. The van der Waals surface area contributed by atoms with Crippen LogP contribution in [0.25, 0.3) is 11.4 Å². The monoisotopic (exact) mass is 984 g/mol. The second kappa shape index (κ2) is 25.1. The van der Waals surface area contributed by atoms with E-state index in [4.69, 9.17) is 34.8 Å². The second-order valence-corrected chi connectivity index (χ2v) is 18.8. The van der Waals surface area contributed by atoms with Crippen molar-refractivity contribution in [1.29, 1.82) is 0 Å². The molecule has 0 unspecified atom stereocenters. The summed E-state index contributed by atoms with van der Waals surface area (Å²) in [6.45, 7) is 23.2. The van der Waals surface area contributed by atoms with Crippen LogP contribution in [0.15, 0.2) is 43.5 Å². The summed E-state index contributed by atoms with van der Waals surface area (Å²) in [4.78, 5) is 61.6. The summed E-state index contributed by atoms with van der Waals surface area (Å²) in [7, 11) is 5.52. The van der Waals surface area contributed by atoms with E-state index in [1.54, 1.807) is 23.9 Å². The number of nitro groups is 3. The first kappa shape index (κ1) is 57.3. The molecule has 0 aliphatic heterocycles. The van der Waals surface area contributed by atoms with Crippen LogP contribution in [0.4, 0.5) is 40.2 Å². The van der Waals surface area contributed by atoms with Crippen LogP contribution in [0.1, 0.15) is 67.9 Å². The van der Waals surface area contributed by atoms with Gasteiger partial charge >= 0.3 is 17.1 Å². The van der Waals surface area contributed by atoms with Crippen molar-refractivity contribution in [2.24, 2.45) is 16.2 Å². The van der Waals surface area contributed by atoms with E-state index in [0.717, 1.165) is 24.0 Å². The number of H-pyrrole nitrogens is 1. The predicted molar refractivity (Wildman–Crippen MR) is 257 cm³/mol. The number of rotatable bonds is 11. The molecule has 4 heterocycles. The zero-order valence-electron chi connectivity index (χ0n) is 38.5. The van der Waals surface area contributed by atoms with Crippen molar-refractivity contribution < 1.29 is 14.8 Å². The molecule has 22 nitrogen and oxygen atoms in total. The van der Waals surface area contributed by atoms with Crippen LogP contribution in [-0.4, -0.2) is 101 Å². The molecule has 0 aliphatic carbocycles. The summed E-state index contributed by atoms with van der Waals surface area (Å²) in [6, 6.07) is 5.65. The standard InChI is InChI=1S/C19H24N8O2.C10H15ClN4O2.C6H15N.C4HCl2N3O2.ClH/c1-12-6-7-13(16-21-11-23-25-16)8-14(12)24-17-15(27(28)29)18(22-10-20-17)26(5)9-19(2,3)4;1-10(2,3)5-14(4)9-7(15(16)17)8(11)12-6-13-9;1-6(2,3)5-7-4;5-3-2(9(10)11)4(6)8-1-7-3;/h6-8,10-11H,9H2,1-5H3,(H,20,22,24)(H,21,23,25);6H,5H2,1-4H3;7H,5H2,1-4H3;1H;1H. The number of aryl methyl sites for hydroxylation is 1. The number of hydrogen-bond donors (Lipinski definition) is 3. The van der Waals surface area contributed by atoms with Gasteiger partial charge in [0.15, 0.2) is 5.82 Å². The van der Waals surface area contributed by atoms with Gasteiger partial charge in [-0.3, -0.25) is 35.4 Å². The van der Waals surface area contributed by atoms with Crippen LogP contribution in [0.5, 0.6) is 0 Å². The molecule has 0 bridgehead atoms. The molecule has 0 spiro atoms. The fourth-order valence-corrected chi connectivity index (χ4v) is 6.31. The van der Waals surface area contributed by atoms with Crippen LogP contribution >= 0.6 is 47.2 Å². The minimum atomic E-state index is -0.731. The van der Waals surface area contributed by atoms with Crippen LogP contribution in [0.2, 0.25) is 15.5 Å². The Morgan fingerprint density at radius 2 is 1.09 bits per heavy atom. The molecule has 0 radical (unpaired) electrons. The minimum absolute atomic E-state index is 0. The summed E-state index contributed by atoms with van der Waals surface area (Å²) < 4.78 is 0. The molecule has 5 rings (SSSR count). The molecule has 0 atom stereocenters. The summed E-state index contributed by atoms with van der Waals surface area (Å²) in [6.07, 6.45) is 5.04. The second-order valence-electron chi connectivity index (χ2n) is 17.7. The summed E-state index contributed by atoms with van der Waals surface area (Å²) >= 11 is 16.4. The Balaban J connectivity index is 0.000000495. The third-order valence-electron chi connectivity index (χ3n) is 7.87. The van der Waals surface area contributed by atoms with Crippen molar-refractivity contribution in [2.75, 3.05) is 55.9 Å². The average molecular weight is 987 g/mol. The Labute approximate surface area is 398 Å². The largest absolute Gasteiger partial charge is 0.353 e. The van der Waals surface area contributed by atoms with Crippen LogP contribution in [-0.2, 0) is 0 Å². The number of nitrogens with zero attached hydrogens (tertiary/aromatic N) is 13. The highest BCUT2D eigenvalue weighted by molar-refractivity contribution is 6.36. The third kappa shape index (κ3) is 19.1. The molecule has 65 heavy (non-hydrogen) atoms. The molecule has 5 aromatic rings. The van der Waals surface area contributed by atoms with Crippen molar-refractivity contribution in [1.82, 2.24) is 50.4 Å². The van der Waals surface area contributed by atoms with Crippen LogP contribution in [0.3, 0.4) is 0 Å². The molecule has 3 N–H and O–H groups in total. The number of aromatic amines is 1. The van der Waals surface area contributed by atoms with Gasteiger partial charge in [-0.1, -0.05) is 109 Å². The normalized spacial score (nSPS) is 11.0. The molecule has 1 aromatic carbocycles. The summed E-state index contributed by atoms with van der Waals surface area (Å²) in [5.74, 6) is 1.26. The lowest BCUT2D eigenvalue weighted by atomic mass is 9.96. The van der Waals surface area contributed by atoms with Crippen molar-refractivity contribution in [3.05, 3.63) is 94.9 Å². The molecule has 0 saturated carbocycles. The topological polar surface area (TPSA) is 279 Å². The first-order chi connectivity index (χ1) is 29.6. The molecule has 4 aromatic heterocycles. The van der Waals surface area contributed by atoms with Gasteiger partial charge in [-0.05, 0) is 48.4 Å².